The van der Waals surface area contributed by atoms with Gasteiger partial charge in [0.15, 0.2) is 6.10 Å². The summed E-state index contributed by atoms with van der Waals surface area (Å²) in [5.41, 5.74) is 0. The fraction of sp³-hybridized carbons (Fsp3) is 0.947. The molecule has 0 spiro atoms. The maximum absolute atomic E-state index is 12.8. The molecule has 0 aromatic heterocycles. The summed E-state index contributed by atoms with van der Waals surface area (Å²) < 4.78 is 16.9. The van der Waals surface area contributed by atoms with Crippen molar-refractivity contribution in [1.29, 1.82) is 0 Å². The second-order valence-electron chi connectivity index (χ2n) is 20.1. The molecule has 6 heteroatoms. The van der Waals surface area contributed by atoms with E-state index in [-0.39, 0.29) is 31.1 Å². The number of unbranched alkanes of at least 4 members (excludes halogenated alkanes) is 39. The molecule has 0 N–H and O–H groups in total. The van der Waals surface area contributed by atoms with Gasteiger partial charge in [0.1, 0.15) is 13.2 Å². The van der Waals surface area contributed by atoms with E-state index in [1.165, 1.54) is 218 Å². The first kappa shape index (κ1) is 61.4. The Bertz CT molecular complexity index is 949. The maximum atomic E-state index is 12.8. The van der Waals surface area contributed by atoms with Crippen LogP contribution < -0.4 is 0 Å². The molecular weight excluding hydrogens is 781 g/mol. The van der Waals surface area contributed by atoms with Crippen molar-refractivity contribution in [2.75, 3.05) is 13.2 Å². The van der Waals surface area contributed by atoms with Gasteiger partial charge in [0, 0.05) is 19.3 Å². The quantitative estimate of drug-likeness (QED) is 0.0344. The minimum Gasteiger partial charge on any atom is -0.462 e. The van der Waals surface area contributed by atoms with Gasteiger partial charge in [-0.1, -0.05) is 285 Å². The maximum Gasteiger partial charge on any atom is 0.306 e. The van der Waals surface area contributed by atoms with Crippen molar-refractivity contribution in [2.45, 2.75) is 329 Å². The summed E-state index contributed by atoms with van der Waals surface area (Å²) in [4.78, 5) is 38.1. The van der Waals surface area contributed by atoms with Gasteiger partial charge in [0.25, 0.3) is 0 Å². The third-order valence-corrected chi connectivity index (χ3v) is 13.0. The van der Waals surface area contributed by atoms with Gasteiger partial charge >= 0.3 is 17.9 Å². The van der Waals surface area contributed by atoms with Gasteiger partial charge in [-0.05, 0) is 25.2 Å². The van der Waals surface area contributed by atoms with Crippen molar-refractivity contribution in [3.05, 3.63) is 0 Å². The van der Waals surface area contributed by atoms with Gasteiger partial charge in [-0.2, -0.15) is 0 Å². The van der Waals surface area contributed by atoms with E-state index in [0.717, 1.165) is 63.7 Å². The summed E-state index contributed by atoms with van der Waals surface area (Å²) in [5, 5.41) is 0. The average molecular weight is 892 g/mol. The predicted molar refractivity (Wildman–Crippen MR) is 270 cm³/mol. The molecule has 63 heavy (non-hydrogen) atoms. The lowest BCUT2D eigenvalue weighted by Gasteiger charge is -2.18. The molecular formula is C57H110O6. The van der Waals surface area contributed by atoms with Crippen LogP contribution in [0, 0.1) is 5.92 Å². The lowest BCUT2D eigenvalue weighted by Crippen LogP contribution is -2.30. The minimum absolute atomic E-state index is 0.0625. The Morgan fingerprint density at radius 1 is 0.302 bits per heavy atom. The van der Waals surface area contributed by atoms with Crippen molar-refractivity contribution in [2.24, 2.45) is 5.92 Å². The van der Waals surface area contributed by atoms with Gasteiger partial charge in [-0.15, -0.1) is 0 Å². The molecule has 374 valence electrons. The van der Waals surface area contributed by atoms with E-state index in [0.29, 0.717) is 19.3 Å². The number of carbonyl (C=O) groups excluding carboxylic acids is 3. The van der Waals surface area contributed by atoms with Crippen molar-refractivity contribution in [1.82, 2.24) is 0 Å². The minimum atomic E-state index is -0.762. The Balaban J connectivity index is 4.26. The molecule has 0 amide bonds. The van der Waals surface area contributed by atoms with Crippen LogP contribution in [-0.4, -0.2) is 37.2 Å². The summed E-state index contributed by atoms with van der Waals surface area (Å²) in [7, 11) is 0. The second kappa shape index (κ2) is 51.4. The van der Waals surface area contributed by atoms with E-state index >= 15 is 0 Å². The van der Waals surface area contributed by atoms with Gasteiger partial charge in [-0.3, -0.25) is 14.4 Å². The van der Waals surface area contributed by atoms with Gasteiger partial charge in [0.05, 0.1) is 0 Å². The summed E-state index contributed by atoms with van der Waals surface area (Å²) in [6.07, 6.45) is 55.3. The molecule has 0 heterocycles. The van der Waals surface area contributed by atoms with Crippen molar-refractivity contribution >= 4 is 17.9 Å². The van der Waals surface area contributed by atoms with E-state index in [1.807, 2.05) is 0 Å². The molecule has 0 radical (unpaired) electrons. The SMILES string of the molecule is CCCCCCCCCCCCCCCCCCCCC(=O)OC[C@@H](COC(=O)CCCCCCCCCCC(C)C)OC(=O)CCCCCCCCCCCCCCCCCC. The molecule has 0 aliphatic carbocycles. The largest absolute Gasteiger partial charge is 0.462 e. The first-order valence-electron chi connectivity index (χ1n) is 28.4. The van der Waals surface area contributed by atoms with Crippen molar-refractivity contribution in [3.8, 4) is 0 Å². The van der Waals surface area contributed by atoms with E-state index in [1.54, 1.807) is 0 Å². The summed E-state index contributed by atoms with van der Waals surface area (Å²) in [5.74, 6) is -0.0433. The fourth-order valence-electron chi connectivity index (χ4n) is 8.75. The number of hydrogen-bond acceptors (Lipinski definition) is 6. The first-order chi connectivity index (χ1) is 30.9. The summed E-state index contributed by atoms with van der Waals surface area (Å²) in [6, 6.07) is 0. The zero-order chi connectivity index (χ0) is 45.9. The van der Waals surface area contributed by atoms with Crippen LogP contribution in [0.2, 0.25) is 0 Å². The lowest BCUT2D eigenvalue weighted by molar-refractivity contribution is -0.167. The normalized spacial score (nSPS) is 12.0. The topological polar surface area (TPSA) is 78.9 Å². The molecule has 0 bridgehead atoms. The van der Waals surface area contributed by atoms with Gasteiger partial charge < -0.3 is 14.2 Å². The summed E-state index contributed by atoms with van der Waals surface area (Å²) in [6.45, 7) is 9.02. The van der Waals surface area contributed by atoms with E-state index in [2.05, 4.69) is 27.7 Å². The van der Waals surface area contributed by atoms with Crippen LogP contribution in [-0.2, 0) is 28.6 Å². The van der Waals surface area contributed by atoms with Crippen molar-refractivity contribution in [3.63, 3.8) is 0 Å². The molecule has 0 fully saturated rings. The zero-order valence-electron chi connectivity index (χ0n) is 43.0. The van der Waals surface area contributed by atoms with E-state index < -0.39 is 6.10 Å². The Kier molecular flexibility index (Phi) is 50.1. The Hall–Kier alpha value is -1.59. The van der Waals surface area contributed by atoms with Gasteiger partial charge in [0.2, 0.25) is 0 Å². The second-order valence-corrected chi connectivity index (χ2v) is 20.1. The Labute approximate surface area is 393 Å². The lowest BCUT2D eigenvalue weighted by atomic mass is 10.0. The monoisotopic (exact) mass is 891 g/mol. The molecule has 6 nitrogen and oxygen atoms in total. The van der Waals surface area contributed by atoms with Crippen molar-refractivity contribution < 1.29 is 28.6 Å². The average Bonchev–Trinajstić information content (AvgIpc) is 3.27. The van der Waals surface area contributed by atoms with E-state index in [4.69, 9.17) is 14.2 Å². The number of hydrogen-bond donors (Lipinski definition) is 0. The molecule has 0 saturated carbocycles. The Morgan fingerprint density at radius 3 is 0.778 bits per heavy atom. The first-order valence-corrected chi connectivity index (χ1v) is 28.4. The highest BCUT2D eigenvalue weighted by Crippen LogP contribution is 2.18. The molecule has 0 aromatic carbocycles. The highest BCUT2D eigenvalue weighted by atomic mass is 16.6. The third-order valence-electron chi connectivity index (χ3n) is 13.0. The summed E-state index contributed by atoms with van der Waals surface area (Å²) >= 11 is 0. The van der Waals surface area contributed by atoms with Crippen LogP contribution in [0.15, 0.2) is 0 Å². The standard InChI is InChI=1S/C57H110O6/c1-5-7-9-11-13-15-17-19-21-23-24-26-27-29-31-36-40-44-48-55(58)61-51-54(52-62-56(59)49-45-41-37-34-33-35-39-43-47-53(3)4)63-57(60)50-46-42-38-32-30-28-25-22-20-18-16-14-12-10-8-6-2/h53-54H,5-52H2,1-4H3/t54-/m0/s1. The molecule has 0 aliphatic rings. The van der Waals surface area contributed by atoms with Crippen LogP contribution in [0.25, 0.3) is 0 Å². The number of carbonyl (C=O) groups is 3. The number of esters is 3. The Morgan fingerprint density at radius 2 is 0.524 bits per heavy atom. The highest BCUT2D eigenvalue weighted by Gasteiger charge is 2.19. The van der Waals surface area contributed by atoms with Crippen LogP contribution >= 0.6 is 0 Å². The number of rotatable bonds is 52. The zero-order valence-corrected chi connectivity index (χ0v) is 43.0. The predicted octanol–water partition coefficient (Wildman–Crippen LogP) is 18.6. The molecule has 0 aromatic rings. The molecule has 1 atom stereocenters. The van der Waals surface area contributed by atoms with Crippen LogP contribution in [0.1, 0.15) is 323 Å². The van der Waals surface area contributed by atoms with Crippen LogP contribution in [0.4, 0.5) is 0 Å². The van der Waals surface area contributed by atoms with Crippen LogP contribution in [0.3, 0.4) is 0 Å². The van der Waals surface area contributed by atoms with Gasteiger partial charge in [-0.25, -0.2) is 0 Å². The molecule has 0 unspecified atom stereocenters. The molecule has 0 aliphatic heterocycles. The third kappa shape index (κ3) is 51.3. The van der Waals surface area contributed by atoms with E-state index in [9.17, 15) is 14.4 Å². The number of ether oxygens (including phenoxy) is 3. The fourth-order valence-corrected chi connectivity index (χ4v) is 8.75. The smallest absolute Gasteiger partial charge is 0.306 e. The molecule has 0 saturated heterocycles. The highest BCUT2D eigenvalue weighted by molar-refractivity contribution is 5.71. The molecule has 0 rings (SSSR count). The van der Waals surface area contributed by atoms with Crippen LogP contribution in [0.5, 0.6) is 0 Å².